The number of carbonyl (C=O) groups excluding carboxylic acids is 1. The fourth-order valence-corrected chi connectivity index (χ4v) is 0.958. The molecule has 0 aliphatic heterocycles. The van der Waals surface area contributed by atoms with E-state index in [0.29, 0.717) is 16.7 Å². The molecule has 7 heteroatoms. The van der Waals surface area contributed by atoms with Crippen molar-refractivity contribution in [1.29, 1.82) is 0 Å². The molecule has 2 amide bonds. The topological polar surface area (TPSA) is 83.9 Å². The number of hydroxylamine groups is 2. The molecule has 1 aromatic heterocycles. The van der Waals surface area contributed by atoms with Crippen LogP contribution in [0.4, 0.5) is 10.6 Å². The molecule has 0 bridgehead atoms. The van der Waals surface area contributed by atoms with Crippen molar-refractivity contribution < 1.29 is 19.5 Å². The minimum absolute atomic E-state index is 0.224. The van der Waals surface area contributed by atoms with E-state index in [-0.39, 0.29) is 5.82 Å². The first kappa shape index (κ1) is 12.1. The van der Waals surface area contributed by atoms with Gasteiger partial charge in [0.25, 0.3) is 0 Å². The highest BCUT2D eigenvalue weighted by Crippen LogP contribution is 2.21. The Labute approximate surface area is 92.6 Å². The summed E-state index contributed by atoms with van der Waals surface area (Å²) in [4.78, 5) is 15.1. The van der Waals surface area contributed by atoms with Crippen LogP contribution in [0.15, 0.2) is 12.1 Å². The first-order chi connectivity index (χ1) is 7.56. The molecule has 0 saturated carbocycles. The predicted molar refractivity (Wildman–Crippen MR) is 55.9 cm³/mol. The van der Waals surface area contributed by atoms with Crippen molar-refractivity contribution in [1.82, 2.24) is 10.0 Å². The molecule has 0 radical (unpaired) electrons. The smallest absolute Gasteiger partial charge is 0.346 e. The third kappa shape index (κ3) is 2.99. The Hall–Kier alpha value is -2.02. The molecule has 2 N–H and O–H groups in total. The molecule has 1 aromatic rings. The number of ether oxygens (including phenoxy) is 2. The summed E-state index contributed by atoms with van der Waals surface area (Å²) < 4.78 is 9.91. The van der Waals surface area contributed by atoms with Crippen LogP contribution in [0.1, 0.15) is 0 Å². The molecule has 0 fully saturated rings. The number of nitrogens with one attached hydrogen (secondary N) is 1. The van der Waals surface area contributed by atoms with E-state index >= 15 is 0 Å². The molecule has 0 saturated heterocycles. The highest BCUT2D eigenvalue weighted by Gasteiger charge is 2.09. The number of nitrogens with zero attached hydrogens (tertiary/aromatic N) is 2. The lowest BCUT2D eigenvalue weighted by Gasteiger charge is -2.11. The Morgan fingerprint density at radius 2 is 2.12 bits per heavy atom. The highest BCUT2D eigenvalue weighted by molar-refractivity contribution is 5.87. The van der Waals surface area contributed by atoms with Crippen molar-refractivity contribution in [2.45, 2.75) is 0 Å². The van der Waals surface area contributed by atoms with E-state index in [2.05, 4.69) is 10.3 Å². The van der Waals surface area contributed by atoms with E-state index in [4.69, 9.17) is 14.7 Å². The Balaban J connectivity index is 2.91. The van der Waals surface area contributed by atoms with E-state index in [1.807, 2.05) is 0 Å². The van der Waals surface area contributed by atoms with Crippen LogP contribution in [-0.4, -0.2) is 42.6 Å². The maximum Gasteiger partial charge on any atom is 0.346 e. The number of aromatic nitrogens is 1. The number of hydrogen-bond acceptors (Lipinski definition) is 5. The Kier molecular flexibility index (Phi) is 3.90. The monoisotopic (exact) mass is 227 g/mol. The van der Waals surface area contributed by atoms with Gasteiger partial charge in [-0.15, -0.1) is 0 Å². The van der Waals surface area contributed by atoms with Crippen LogP contribution in [0.5, 0.6) is 11.6 Å². The standard InChI is InChI=1S/C9H13N3O4/c1-12(14)9(13)11-7-4-6(15-2)5-8(10-7)16-3/h4-5,14H,1-3H3,(H,10,11,13). The van der Waals surface area contributed by atoms with Gasteiger partial charge in [0.1, 0.15) is 11.6 Å². The average molecular weight is 227 g/mol. The third-order valence-electron chi connectivity index (χ3n) is 1.75. The molecule has 0 aliphatic carbocycles. The quantitative estimate of drug-likeness (QED) is 0.593. The minimum Gasteiger partial charge on any atom is -0.496 e. The lowest BCUT2D eigenvalue weighted by Crippen LogP contribution is -2.28. The number of anilines is 1. The van der Waals surface area contributed by atoms with E-state index in [9.17, 15) is 4.79 Å². The summed E-state index contributed by atoms with van der Waals surface area (Å²) in [6.45, 7) is 0. The SMILES string of the molecule is COc1cc(NC(=O)N(C)O)nc(OC)c1. The van der Waals surface area contributed by atoms with Gasteiger partial charge >= 0.3 is 6.03 Å². The van der Waals surface area contributed by atoms with Crippen LogP contribution in [0.25, 0.3) is 0 Å². The van der Waals surface area contributed by atoms with Gasteiger partial charge in [0.2, 0.25) is 5.88 Å². The zero-order chi connectivity index (χ0) is 12.1. The van der Waals surface area contributed by atoms with Gasteiger partial charge in [-0.1, -0.05) is 0 Å². The van der Waals surface area contributed by atoms with Gasteiger partial charge in [0.05, 0.1) is 14.2 Å². The molecule has 1 rings (SSSR count). The Morgan fingerprint density at radius 1 is 1.44 bits per heavy atom. The number of methoxy groups -OCH3 is 2. The van der Waals surface area contributed by atoms with Crippen molar-refractivity contribution in [3.63, 3.8) is 0 Å². The van der Waals surface area contributed by atoms with E-state index in [0.717, 1.165) is 0 Å². The van der Waals surface area contributed by atoms with Crippen molar-refractivity contribution in [3.05, 3.63) is 12.1 Å². The summed E-state index contributed by atoms with van der Waals surface area (Å²) in [5, 5.41) is 11.6. The number of rotatable bonds is 3. The van der Waals surface area contributed by atoms with Gasteiger partial charge in [-0.25, -0.2) is 9.86 Å². The summed E-state index contributed by atoms with van der Waals surface area (Å²) in [5.41, 5.74) is 0. The summed E-state index contributed by atoms with van der Waals surface area (Å²) in [5.74, 6) is 1.01. The van der Waals surface area contributed by atoms with Gasteiger partial charge in [0, 0.05) is 19.2 Å². The molecule has 7 nitrogen and oxygen atoms in total. The first-order valence-corrected chi connectivity index (χ1v) is 4.40. The van der Waals surface area contributed by atoms with Gasteiger partial charge < -0.3 is 9.47 Å². The fraction of sp³-hybridized carbons (Fsp3) is 0.333. The second kappa shape index (κ2) is 5.17. The van der Waals surface area contributed by atoms with Crippen LogP contribution in [-0.2, 0) is 0 Å². The molecule has 0 atom stereocenters. The second-order valence-corrected chi connectivity index (χ2v) is 2.89. The zero-order valence-electron chi connectivity index (χ0n) is 9.22. The van der Waals surface area contributed by atoms with Crippen LogP contribution in [0.3, 0.4) is 0 Å². The number of amides is 2. The highest BCUT2D eigenvalue weighted by atomic mass is 16.5. The van der Waals surface area contributed by atoms with Crippen molar-refractivity contribution >= 4 is 11.8 Å². The average Bonchev–Trinajstić information content (AvgIpc) is 2.28. The lowest BCUT2D eigenvalue weighted by atomic mass is 10.4. The summed E-state index contributed by atoms with van der Waals surface area (Å²) in [6.07, 6.45) is 0. The molecule has 0 unspecified atom stereocenters. The lowest BCUT2D eigenvalue weighted by molar-refractivity contribution is -0.0119. The molecule has 0 spiro atoms. The second-order valence-electron chi connectivity index (χ2n) is 2.89. The maximum atomic E-state index is 11.2. The molecular weight excluding hydrogens is 214 g/mol. The molecule has 1 heterocycles. The number of urea groups is 1. The van der Waals surface area contributed by atoms with Crippen LogP contribution in [0.2, 0.25) is 0 Å². The van der Waals surface area contributed by atoms with E-state index in [1.165, 1.54) is 27.3 Å². The first-order valence-electron chi connectivity index (χ1n) is 4.40. The summed E-state index contributed by atoms with van der Waals surface area (Å²) >= 11 is 0. The van der Waals surface area contributed by atoms with E-state index in [1.54, 1.807) is 6.07 Å². The number of hydrogen-bond donors (Lipinski definition) is 2. The largest absolute Gasteiger partial charge is 0.496 e. The minimum atomic E-state index is -0.706. The van der Waals surface area contributed by atoms with Crippen LogP contribution in [0, 0.1) is 0 Å². The van der Waals surface area contributed by atoms with Gasteiger partial charge in [-0.2, -0.15) is 4.98 Å². The van der Waals surface area contributed by atoms with Gasteiger partial charge in [0.15, 0.2) is 0 Å². The number of carbonyl (C=O) groups is 1. The Morgan fingerprint density at radius 3 is 2.62 bits per heavy atom. The Bertz CT molecular complexity index is 359. The number of pyridine rings is 1. The molecule has 0 aromatic carbocycles. The fourth-order valence-electron chi connectivity index (χ4n) is 0.958. The van der Waals surface area contributed by atoms with Crippen LogP contribution >= 0.6 is 0 Å². The van der Waals surface area contributed by atoms with Gasteiger partial charge in [-0.3, -0.25) is 10.5 Å². The zero-order valence-corrected chi connectivity index (χ0v) is 9.22. The van der Waals surface area contributed by atoms with Crippen LogP contribution < -0.4 is 14.8 Å². The van der Waals surface area contributed by atoms with Crippen molar-refractivity contribution in [2.75, 3.05) is 26.6 Å². The third-order valence-corrected chi connectivity index (χ3v) is 1.75. The normalized spacial score (nSPS) is 9.50. The predicted octanol–water partition coefficient (Wildman–Crippen LogP) is 0.952. The molecule has 88 valence electrons. The summed E-state index contributed by atoms with van der Waals surface area (Å²) in [6, 6.07) is 2.37. The summed E-state index contributed by atoms with van der Waals surface area (Å²) in [7, 11) is 4.14. The molecule has 0 aliphatic rings. The van der Waals surface area contributed by atoms with Crippen molar-refractivity contribution in [3.8, 4) is 11.6 Å². The molecule has 16 heavy (non-hydrogen) atoms. The van der Waals surface area contributed by atoms with Gasteiger partial charge in [-0.05, 0) is 0 Å². The maximum absolute atomic E-state index is 11.2. The van der Waals surface area contributed by atoms with E-state index < -0.39 is 6.03 Å². The molecular formula is C9H13N3O4. The van der Waals surface area contributed by atoms with Crippen molar-refractivity contribution in [2.24, 2.45) is 0 Å².